The number of benzene rings is 1. The Kier molecular flexibility index (Phi) is 3.95. The van der Waals surface area contributed by atoms with E-state index in [-0.39, 0.29) is 0 Å². The molecule has 0 spiro atoms. The van der Waals surface area contributed by atoms with Gasteiger partial charge < -0.3 is 19.4 Å². The van der Waals surface area contributed by atoms with E-state index in [4.69, 9.17) is 9.47 Å². The van der Waals surface area contributed by atoms with Crippen molar-refractivity contribution in [2.24, 2.45) is 0 Å². The third-order valence-electron chi connectivity index (χ3n) is 3.58. The smallest absolute Gasteiger partial charge is 0.231 e. The second-order valence-electron chi connectivity index (χ2n) is 5.19. The molecule has 1 N–H and O–H groups in total. The third-order valence-corrected chi connectivity index (χ3v) is 4.52. The Morgan fingerprint density at radius 3 is 3.13 bits per heavy atom. The van der Waals surface area contributed by atoms with Gasteiger partial charge in [-0.25, -0.2) is 9.97 Å². The average molecular weight is 328 g/mol. The fourth-order valence-corrected chi connectivity index (χ4v) is 3.21. The molecule has 0 atom stereocenters. The first-order valence-electron chi connectivity index (χ1n) is 7.39. The molecule has 0 fully saturated rings. The zero-order valence-corrected chi connectivity index (χ0v) is 13.3. The molecule has 1 aliphatic heterocycles. The summed E-state index contributed by atoms with van der Waals surface area (Å²) >= 11 is 1.64. The number of aromatic nitrogens is 3. The van der Waals surface area contributed by atoms with E-state index in [0.29, 0.717) is 6.79 Å². The van der Waals surface area contributed by atoms with E-state index in [1.165, 1.54) is 0 Å². The highest BCUT2D eigenvalue weighted by atomic mass is 32.1. The summed E-state index contributed by atoms with van der Waals surface area (Å²) in [4.78, 5) is 8.71. The van der Waals surface area contributed by atoms with Gasteiger partial charge in [0.25, 0.3) is 0 Å². The van der Waals surface area contributed by atoms with Crippen molar-refractivity contribution in [2.45, 2.75) is 13.1 Å². The van der Waals surface area contributed by atoms with Crippen molar-refractivity contribution < 1.29 is 9.47 Å². The normalized spacial score (nSPS) is 12.7. The van der Waals surface area contributed by atoms with Crippen LogP contribution < -0.4 is 14.8 Å². The van der Waals surface area contributed by atoms with Gasteiger partial charge in [0.2, 0.25) is 6.79 Å². The standard InChI is InChI=1S/C16H16N4O2S/c1-2-14-15(22-11-21-14)7-12(1)16-19-13(9-23-16)8-17-3-5-20-6-4-18-10-20/h1-2,4,6-7,9-10,17H,3,5,8,11H2. The van der Waals surface area contributed by atoms with Gasteiger partial charge in [-0.2, -0.15) is 0 Å². The Hall–Kier alpha value is -2.38. The summed E-state index contributed by atoms with van der Waals surface area (Å²) in [6.45, 7) is 2.84. The minimum atomic E-state index is 0.294. The molecule has 0 saturated heterocycles. The lowest BCUT2D eigenvalue weighted by atomic mass is 10.2. The van der Waals surface area contributed by atoms with E-state index in [0.717, 1.165) is 47.4 Å². The van der Waals surface area contributed by atoms with Gasteiger partial charge in [0.05, 0.1) is 12.0 Å². The van der Waals surface area contributed by atoms with Crippen LogP contribution in [0.3, 0.4) is 0 Å². The average Bonchev–Trinajstić information content (AvgIpc) is 3.31. The Balaban J connectivity index is 1.35. The first-order valence-corrected chi connectivity index (χ1v) is 8.27. The molecule has 23 heavy (non-hydrogen) atoms. The second-order valence-corrected chi connectivity index (χ2v) is 6.05. The number of thiazole rings is 1. The van der Waals surface area contributed by atoms with Crippen LogP contribution in [0.15, 0.2) is 42.3 Å². The fourth-order valence-electron chi connectivity index (χ4n) is 2.39. The lowest BCUT2D eigenvalue weighted by Gasteiger charge is -2.03. The molecule has 0 saturated carbocycles. The quantitative estimate of drug-likeness (QED) is 0.705. The summed E-state index contributed by atoms with van der Waals surface area (Å²) < 4.78 is 12.8. The van der Waals surface area contributed by atoms with Crippen LogP contribution >= 0.6 is 11.3 Å². The van der Waals surface area contributed by atoms with Crippen LogP contribution in [0.5, 0.6) is 11.5 Å². The first-order chi connectivity index (χ1) is 11.4. The van der Waals surface area contributed by atoms with Gasteiger partial charge in [0.15, 0.2) is 11.5 Å². The van der Waals surface area contributed by atoms with Gasteiger partial charge in [-0.05, 0) is 18.2 Å². The van der Waals surface area contributed by atoms with E-state index in [1.807, 2.05) is 35.3 Å². The van der Waals surface area contributed by atoms with E-state index >= 15 is 0 Å². The molecule has 0 aliphatic carbocycles. The second kappa shape index (κ2) is 6.39. The van der Waals surface area contributed by atoms with Crippen molar-refractivity contribution in [3.8, 4) is 22.1 Å². The topological polar surface area (TPSA) is 61.2 Å². The van der Waals surface area contributed by atoms with Gasteiger partial charge in [0, 0.05) is 43.0 Å². The van der Waals surface area contributed by atoms with Crippen molar-refractivity contribution >= 4 is 11.3 Å². The van der Waals surface area contributed by atoms with Crippen molar-refractivity contribution in [3.63, 3.8) is 0 Å². The molecule has 6 nitrogen and oxygen atoms in total. The first kappa shape index (κ1) is 14.2. The van der Waals surface area contributed by atoms with Crippen molar-refractivity contribution in [2.75, 3.05) is 13.3 Å². The van der Waals surface area contributed by atoms with Crippen LogP contribution in [0.1, 0.15) is 5.69 Å². The van der Waals surface area contributed by atoms with Crippen molar-refractivity contribution in [3.05, 3.63) is 48.0 Å². The van der Waals surface area contributed by atoms with Gasteiger partial charge >= 0.3 is 0 Å². The molecular weight excluding hydrogens is 312 g/mol. The molecule has 118 valence electrons. The highest BCUT2D eigenvalue weighted by Gasteiger charge is 2.15. The molecule has 3 aromatic rings. The highest BCUT2D eigenvalue weighted by Crippen LogP contribution is 2.36. The number of ether oxygens (including phenoxy) is 2. The predicted molar refractivity (Wildman–Crippen MR) is 87.6 cm³/mol. The van der Waals surface area contributed by atoms with Crippen molar-refractivity contribution in [1.29, 1.82) is 0 Å². The lowest BCUT2D eigenvalue weighted by Crippen LogP contribution is -2.19. The number of nitrogens with zero attached hydrogens (tertiary/aromatic N) is 3. The minimum Gasteiger partial charge on any atom is -0.454 e. The molecule has 1 aliphatic rings. The highest BCUT2D eigenvalue weighted by molar-refractivity contribution is 7.13. The van der Waals surface area contributed by atoms with Gasteiger partial charge in [-0.15, -0.1) is 11.3 Å². The Morgan fingerprint density at radius 2 is 2.22 bits per heavy atom. The molecule has 4 rings (SSSR count). The van der Waals surface area contributed by atoms with Crippen LogP contribution in [0.25, 0.3) is 10.6 Å². The van der Waals surface area contributed by atoms with E-state index in [1.54, 1.807) is 17.5 Å². The molecule has 7 heteroatoms. The molecule has 1 aromatic carbocycles. The molecule has 0 unspecified atom stereocenters. The maximum Gasteiger partial charge on any atom is 0.231 e. The number of rotatable bonds is 6. The zero-order valence-electron chi connectivity index (χ0n) is 12.4. The van der Waals surface area contributed by atoms with Crippen molar-refractivity contribution in [1.82, 2.24) is 19.9 Å². The Bertz CT molecular complexity index is 785. The summed E-state index contributed by atoms with van der Waals surface area (Å²) in [5.41, 5.74) is 2.11. The maximum atomic E-state index is 5.42. The van der Waals surface area contributed by atoms with Crippen LogP contribution in [0, 0.1) is 0 Å². The SMILES string of the molecule is c1cn(CCNCc2csc(-c3ccc4c(c3)OCO4)n2)cn1. The van der Waals surface area contributed by atoms with Crippen LogP contribution in [0.4, 0.5) is 0 Å². The third kappa shape index (κ3) is 3.20. The van der Waals surface area contributed by atoms with Crippen LogP contribution in [0.2, 0.25) is 0 Å². The lowest BCUT2D eigenvalue weighted by molar-refractivity contribution is 0.174. The monoisotopic (exact) mass is 328 g/mol. The summed E-state index contributed by atoms with van der Waals surface area (Å²) in [5, 5.41) is 6.48. The van der Waals surface area contributed by atoms with E-state index < -0.39 is 0 Å². The predicted octanol–water partition coefficient (Wildman–Crippen LogP) is 2.53. The largest absolute Gasteiger partial charge is 0.454 e. The minimum absolute atomic E-state index is 0.294. The molecule has 3 heterocycles. The number of hydrogen-bond acceptors (Lipinski definition) is 6. The Morgan fingerprint density at radius 1 is 1.26 bits per heavy atom. The summed E-state index contributed by atoms with van der Waals surface area (Å²) in [7, 11) is 0. The van der Waals surface area contributed by atoms with Crippen LogP contribution in [-0.4, -0.2) is 27.9 Å². The fraction of sp³-hybridized carbons (Fsp3) is 0.250. The molecule has 0 amide bonds. The molecule has 0 bridgehead atoms. The van der Waals surface area contributed by atoms with E-state index in [9.17, 15) is 0 Å². The maximum absolute atomic E-state index is 5.42. The van der Waals surface area contributed by atoms with E-state index in [2.05, 4.69) is 20.7 Å². The van der Waals surface area contributed by atoms with Gasteiger partial charge in [0.1, 0.15) is 5.01 Å². The Labute approximate surface area is 137 Å². The summed E-state index contributed by atoms with van der Waals surface area (Å²) in [5.74, 6) is 1.59. The summed E-state index contributed by atoms with van der Waals surface area (Å²) in [6, 6.07) is 5.93. The van der Waals surface area contributed by atoms with Gasteiger partial charge in [-0.1, -0.05) is 0 Å². The van der Waals surface area contributed by atoms with Crippen LogP contribution in [-0.2, 0) is 13.1 Å². The zero-order chi connectivity index (χ0) is 15.5. The molecular formula is C16H16N4O2S. The number of fused-ring (bicyclic) bond motifs is 1. The number of nitrogens with one attached hydrogen (secondary N) is 1. The van der Waals surface area contributed by atoms with Gasteiger partial charge in [-0.3, -0.25) is 0 Å². The molecule has 0 radical (unpaired) electrons. The number of hydrogen-bond donors (Lipinski definition) is 1. The summed E-state index contributed by atoms with van der Waals surface area (Å²) in [6.07, 6.45) is 5.57. The molecule has 2 aromatic heterocycles. The number of imidazole rings is 1.